The van der Waals surface area contributed by atoms with Gasteiger partial charge in [-0.2, -0.15) is 0 Å². The highest BCUT2D eigenvalue weighted by Gasteiger charge is 2.08. The second kappa shape index (κ2) is 31.7. The van der Waals surface area contributed by atoms with Crippen LogP contribution < -0.4 is 5.32 Å². The van der Waals surface area contributed by atoms with E-state index in [1.807, 2.05) is 0 Å². The van der Waals surface area contributed by atoms with Gasteiger partial charge in [0.15, 0.2) is 0 Å². The van der Waals surface area contributed by atoms with Crippen molar-refractivity contribution in [2.24, 2.45) is 5.92 Å². The van der Waals surface area contributed by atoms with Crippen LogP contribution in [0.15, 0.2) is 12.2 Å². The molecule has 0 aliphatic heterocycles. The van der Waals surface area contributed by atoms with Crippen molar-refractivity contribution in [3.63, 3.8) is 0 Å². The summed E-state index contributed by atoms with van der Waals surface area (Å²) in [5.41, 5.74) is 0. The Morgan fingerprint density at radius 1 is 0.543 bits per heavy atom. The van der Waals surface area contributed by atoms with Crippen LogP contribution >= 0.6 is 0 Å². The van der Waals surface area contributed by atoms with Crippen molar-refractivity contribution in [2.45, 2.75) is 168 Å². The van der Waals surface area contributed by atoms with Gasteiger partial charge in [0, 0.05) is 13.2 Å². The first-order valence-corrected chi connectivity index (χ1v) is 16.2. The Kier molecular flexibility index (Phi) is 31.4. The molecule has 0 fully saturated rings. The fourth-order valence-corrected chi connectivity index (χ4v) is 4.93. The first-order valence-electron chi connectivity index (χ1n) is 16.2. The Hall–Kier alpha value is -0.340. The molecule has 1 N–H and O–H groups in total. The minimum atomic E-state index is 0.747. The Morgan fingerprint density at radius 3 is 1.51 bits per heavy atom. The monoisotopic (exact) mass is 494 g/mol. The number of allylic oxidation sites excluding steroid dienone is 2. The van der Waals surface area contributed by atoms with Gasteiger partial charge in [-0.3, -0.25) is 0 Å². The summed E-state index contributed by atoms with van der Waals surface area (Å²) in [6.45, 7) is 7.66. The highest BCUT2D eigenvalue weighted by molar-refractivity contribution is 4.81. The van der Waals surface area contributed by atoms with E-state index in [9.17, 15) is 0 Å². The van der Waals surface area contributed by atoms with E-state index in [0.717, 1.165) is 25.7 Å². The third kappa shape index (κ3) is 29.8. The van der Waals surface area contributed by atoms with E-state index in [-0.39, 0.29) is 0 Å². The topological polar surface area (TPSA) is 21.3 Å². The summed E-state index contributed by atoms with van der Waals surface area (Å²) in [5, 5.41) is 3.33. The molecule has 2 heteroatoms. The molecule has 2 nitrogen and oxygen atoms in total. The van der Waals surface area contributed by atoms with Gasteiger partial charge in [0.2, 0.25) is 0 Å². The highest BCUT2D eigenvalue weighted by atomic mass is 16.5. The first kappa shape index (κ1) is 34.7. The zero-order valence-corrected chi connectivity index (χ0v) is 24.7. The molecule has 210 valence electrons. The molecule has 35 heavy (non-hydrogen) atoms. The van der Waals surface area contributed by atoms with E-state index in [4.69, 9.17) is 4.74 Å². The van der Waals surface area contributed by atoms with Crippen LogP contribution in [0.1, 0.15) is 168 Å². The molecule has 0 aliphatic rings. The molecule has 0 bridgehead atoms. The molecule has 0 aromatic rings. The smallest absolute Gasteiger partial charge is 0.0494 e. The lowest BCUT2D eigenvalue weighted by Crippen LogP contribution is -2.17. The molecule has 0 saturated carbocycles. The van der Waals surface area contributed by atoms with E-state index in [1.54, 1.807) is 0 Å². The van der Waals surface area contributed by atoms with Crippen LogP contribution in [0.5, 0.6) is 0 Å². The minimum absolute atomic E-state index is 0.747. The van der Waals surface area contributed by atoms with Gasteiger partial charge in [0.25, 0.3) is 0 Å². The van der Waals surface area contributed by atoms with Crippen LogP contribution in [0.4, 0.5) is 0 Å². The van der Waals surface area contributed by atoms with Crippen molar-refractivity contribution in [1.29, 1.82) is 0 Å². The van der Waals surface area contributed by atoms with E-state index < -0.39 is 0 Å². The third-order valence-corrected chi connectivity index (χ3v) is 7.42. The Bertz CT molecular complexity index is 395. The highest BCUT2D eigenvalue weighted by Crippen LogP contribution is 2.17. The Balaban J connectivity index is 3.46. The second-order valence-corrected chi connectivity index (χ2v) is 11.0. The molecule has 0 spiro atoms. The van der Waals surface area contributed by atoms with Gasteiger partial charge in [-0.05, 0) is 64.5 Å². The Morgan fingerprint density at radius 2 is 1.00 bits per heavy atom. The maximum Gasteiger partial charge on any atom is 0.0494 e. The first-order chi connectivity index (χ1) is 17.3. The molecule has 0 aromatic carbocycles. The van der Waals surface area contributed by atoms with E-state index in [1.165, 1.54) is 154 Å². The molecule has 1 atom stereocenters. The molecular formula is C33H67NO. The molecule has 0 aromatic heterocycles. The fraction of sp³-hybridized carbons (Fsp3) is 0.939. The largest absolute Gasteiger partial charge is 0.381 e. The van der Waals surface area contributed by atoms with Gasteiger partial charge in [-0.1, -0.05) is 135 Å². The molecular weight excluding hydrogens is 426 g/mol. The van der Waals surface area contributed by atoms with Crippen molar-refractivity contribution in [3.05, 3.63) is 12.2 Å². The standard InChI is InChI=1S/C33H67NO/c1-4-6-8-10-12-14-15-16-17-18-19-20-21-23-25-27-31-35-32-33(29-30-34-3)28-26-24-22-13-11-9-7-5-2/h16-17,33-34H,4-15,18-32H2,1-3H3/b17-16-. The van der Waals surface area contributed by atoms with E-state index >= 15 is 0 Å². The summed E-state index contributed by atoms with van der Waals surface area (Å²) in [6, 6.07) is 0. The summed E-state index contributed by atoms with van der Waals surface area (Å²) in [5.74, 6) is 0.747. The SMILES string of the molecule is CCCCCCCC/C=C\CCCCCCCCOCC(CCCCCCCCCC)CCNC. The maximum atomic E-state index is 6.10. The van der Waals surface area contributed by atoms with Crippen molar-refractivity contribution >= 4 is 0 Å². The number of unbranched alkanes of at least 4 members (excludes halogenated alkanes) is 19. The Labute approximate surface area is 222 Å². The van der Waals surface area contributed by atoms with Crippen LogP contribution in [0.3, 0.4) is 0 Å². The number of nitrogens with one attached hydrogen (secondary N) is 1. The fourth-order valence-electron chi connectivity index (χ4n) is 4.93. The number of hydrogen-bond donors (Lipinski definition) is 1. The van der Waals surface area contributed by atoms with E-state index in [2.05, 4.69) is 38.4 Å². The average Bonchev–Trinajstić information content (AvgIpc) is 2.87. The summed E-state index contributed by atoms with van der Waals surface area (Å²) < 4.78 is 6.10. The summed E-state index contributed by atoms with van der Waals surface area (Å²) in [7, 11) is 2.07. The summed E-state index contributed by atoms with van der Waals surface area (Å²) >= 11 is 0. The molecule has 0 saturated heterocycles. The lowest BCUT2D eigenvalue weighted by Gasteiger charge is -2.17. The third-order valence-electron chi connectivity index (χ3n) is 7.42. The number of ether oxygens (including phenoxy) is 1. The molecule has 0 aliphatic carbocycles. The lowest BCUT2D eigenvalue weighted by molar-refractivity contribution is 0.0890. The normalized spacial score (nSPS) is 12.7. The van der Waals surface area contributed by atoms with Gasteiger partial charge < -0.3 is 10.1 Å². The minimum Gasteiger partial charge on any atom is -0.381 e. The molecule has 0 heterocycles. The predicted octanol–water partition coefficient (Wildman–Crippen LogP) is 10.8. The zero-order valence-electron chi connectivity index (χ0n) is 24.7. The summed E-state index contributed by atoms with van der Waals surface area (Å²) in [6.07, 6.45) is 37.9. The second-order valence-electron chi connectivity index (χ2n) is 11.0. The lowest BCUT2D eigenvalue weighted by atomic mass is 9.97. The molecule has 0 amide bonds. The van der Waals surface area contributed by atoms with Crippen LogP contribution in [-0.2, 0) is 4.74 Å². The van der Waals surface area contributed by atoms with E-state index in [0.29, 0.717) is 0 Å². The van der Waals surface area contributed by atoms with Gasteiger partial charge in [-0.25, -0.2) is 0 Å². The maximum absolute atomic E-state index is 6.10. The van der Waals surface area contributed by atoms with Crippen molar-refractivity contribution in [3.8, 4) is 0 Å². The molecule has 0 rings (SSSR count). The van der Waals surface area contributed by atoms with Crippen molar-refractivity contribution in [1.82, 2.24) is 5.32 Å². The zero-order chi connectivity index (χ0) is 25.5. The van der Waals surface area contributed by atoms with Crippen LogP contribution in [-0.4, -0.2) is 26.8 Å². The number of hydrogen-bond acceptors (Lipinski definition) is 2. The molecule has 0 radical (unpaired) electrons. The van der Waals surface area contributed by atoms with Crippen LogP contribution in [0, 0.1) is 5.92 Å². The van der Waals surface area contributed by atoms with Crippen LogP contribution in [0.25, 0.3) is 0 Å². The number of rotatable bonds is 30. The molecule has 1 unspecified atom stereocenters. The van der Waals surface area contributed by atoms with Gasteiger partial charge in [-0.15, -0.1) is 0 Å². The van der Waals surface area contributed by atoms with Gasteiger partial charge >= 0.3 is 0 Å². The quantitative estimate of drug-likeness (QED) is 0.0793. The van der Waals surface area contributed by atoms with Gasteiger partial charge in [0.1, 0.15) is 0 Å². The average molecular weight is 494 g/mol. The van der Waals surface area contributed by atoms with Gasteiger partial charge in [0.05, 0.1) is 0 Å². The predicted molar refractivity (Wildman–Crippen MR) is 160 cm³/mol. The van der Waals surface area contributed by atoms with Crippen LogP contribution in [0.2, 0.25) is 0 Å². The van der Waals surface area contributed by atoms with Crippen molar-refractivity contribution < 1.29 is 4.74 Å². The summed E-state index contributed by atoms with van der Waals surface area (Å²) in [4.78, 5) is 0. The van der Waals surface area contributed by atoms with Crippen molar-refractivity contribution in [2.75, 3.05) is 26.8 Å².